The number of halogens is 1. The molecule has 0 spiro atoms. The number of aliphatic hydroxyl groups excluding tert-OH is 1. The van der Waals surface area contributed by atoms with Gasteiger partial charge in [-0.1, -0.05) is 29.8 Å². The highest BCUT2D eigenvalue weighted by Crippen LogP contribution is 2.27. The van der Waals surface area contributed by atoms with E-state index in [0.29, 0.717) is 11.4 Å². The van der Waals surface area contributed by atoms with Gasteiger partial charge in [-0.05, 0) is 31.9 Å². The van der Waals surface area contributed by atoms with Crippen molar-refractivity contribution in [3.8, 4) is 0 Å². The van der Waals surface area contributed by atoms with Crippen LogP contribution in [0.5, 0.6) is 0 Å². The third-order valence-corrected chi connectivity index (χ3v) is 2.33. The van der Waals surface area contributed by atoms with Crippen LogP contribution in [0.4, 0.5) is 0 Å². The van der Waals surface area contributed by atoms with E-state index in [1.807, 2.05) is 32.0 Å². The van der Waals surface area contributed by atoms with Crippen molar-refractivity contribution >= 4 is 11.6 Å². The van der Waals surface area contributed by atoms with E-state index in [0.717, 1.165) is 5.56 Å². The van der Waals surface area contributed by atoms with Gasteiger partial charge in [-0.25, -0.2) is 0 Å². The van der Waals surface area contributed by atoms with E-state index in [2.05, 4.69) is 0 Å². The van der Waals surface area contributed by atoms with Gasteiger partial charge < -0.3 is 10.8 Å². The maximum absolute atomic E-state index is 9.87. The molecule has 1 unspecified atom stereocenters. The molecule has 1 atom stereocenters. The van der Waals surface area contributed by atoms with Crippen molar-refractivity contribution in [2.75, 3.05) is 0 Å². The maximum Gasteiger partial charge on any atom is 0.0821 e. The van der Waals surface area contributed by atoms with E-state index < -0.39 is 11.6 Å². The first kappa shape index (κ1) is 11.5. The first-order valence-corrected chi connectivity index (χ1v) is 4.99. The number of hydrogen-bond acceptors (Lipinski definition) is 2. The second kappa shape index (κ2) is 4.30. The maximum atomic E-state index is 9.87. The summed E-state index contributed by atoms with van der Waals surface area (Å²) in [7, 11) is 0. The van der Waals surface area contributed by atoms with Crippen molar-refractivity contribution < 1.29 is 5.11 Å². The van der Waals surface area contributed by atoms with Crippen LogP contribution in [-0.2, 0) is 0 Å². The quantitative estimate of drug-likeness (QED) is 0.811. The van der Waals surface area contributed by atoms with E-state index in [-0.39, 0.29) is 0 Å². The van der Waals surface area contributed by atoms with E-state index in [9.17, 15) is 5.11 Å². The number of hydrogen-bond donors (Lipinski definition) is 2. The van der Waals surface area contributed by atoms with Crippen LogP contribution in [0.3, 0.4) is 0 Å². The van der Waals surface area contributed by atoms with Gasteiger partial charge in [0.1, 0.15) is 0 Å². The molecule has 0 fully saturated rings. The number of rotatable bonds is 3. The molecule has 0 aliphatic rings. The number of aliphatic hydroxyl groups is 1. The number of benzene rings is 1. The molecule has 0 radical (unpaired) electrons. The van der Waals surface area contributed by atoms with Crippen molar-refractivity contribution in [2.24, 2.45) is 5.73 Å². The highest BCUT2D eigenvalue weighted by atomic mass is 35.5. The molecular weight excluding hydrogens is 198 g/mol. The molecule has 0 amide bonds. The zero-order valence-electron chi connectivity index (χ0n) is 8.50. The largest absolute Gasteiger partial charge is 0.388 e. The fourth-order valence-corrected chi connectivity index (χ4v) is 1.62. The van der Waals surface area contributed by atoms with Crippen LogP contribution in [0.25, 0.3) is 0 Å². The van der Waals surface area contributed by atoms with Crippen molar-refractivity contribution in [3.05, 3.63) is 34.9 Å². The summed E-state index contributed by atoms with van der Waals surface area (Å²) in [5, 5.41) is 10.5. The Kier molecular flexibility index (Phi) is 3.53. The van der Waals surface area contributed by atoms with Crippen LogP contribution in [-0.4, -0.2) is 10.6 Å². The second-order valence-electron chi connectivity index (χ2n) is 4.23. The van der Waals surface area contributed by atoms with E-state index in [4.69, 9.17) is 17.3 Å². The normalized spacial score (nSPS) is 14.1. The van der Waals surface area contributed by atoms with E-state index in [1.165, 1.54) is 0 Å². The smallest absolute Gasteiger partial charge is 0.0821 e. The zero-order valence-corrected chi connectivity index (χ0v) is 9.25. The predicted molar refractivity (Wildman–Crippen MR) is 59.3 cm³/mol. The minimum absolute atomic E-state index is 0.390. The summed E-state index contributed by atoms with van der Waals surface area (Å²) in [5.74, 6) is 0. The first-order chi connectivity index (χ1) is 6.40. The molecule has 1 rings (SSSR count). The molecule has 78 valence electrons. The third-order valence-electron chi connectivity index (χ3n) is 1.98. The molecule has 0 aliphatic carbocycles. The Morgan fingerprint density at radius 1 is 1.43 bits per heavy atom. The minimum atomic E-state index is -0.594. The lowest BCUT2D eigenvalue weighted by Gasteiger charge is -2.23. The lowest BCUT2D eigenvalue weighted by molar-refractivity contribution is 0.142. The molecule has 1 aromatic rings. The summed E-state index contributed by atoms with van der Waals surface area (Å²) in [5.41, 5.74) is 6.17. The predicted octanol–water partition coefficient (Wildman–Crippen LogP) is 2.50. The molecule has 0 aromatic heterocycles. The van der Waals surface area contributed by atoms with Crippen LogP contribution < -0.4 is 5.73 Å². The van der Waals surface area contributed by atoms with Crippen molar-refractivity contribution in [3.63, 3.8) is 0 Å². The Bertz CT molecular complexity index is 306. The van der Waals surface area contributed by atoms with Crippen LogP contribution in [0.2, 0.25) is 5.02 Å². The molecule has 1 aromatic carbocycles. The Morgan fingerprint density at radius 2 is 2.00 bits per heavy atom. The molecule has 0 saturated heterocycles. The van der Waals surface area contributed by atoms with Gasteiger partial charge in [0, 0.05) is 10.6 Å². The Morgan fingerprint density at radius 3 is 2.50 bits per heavy atom. The lowest BCUT2D eigenvalue weighted by atomic mass is 9.94. The number of nitrogens with two attached hydrogens (primary N) is 1. The molecule has 0 aliphatic heterocycles. The molecule has 0 saturated carbocycles. The van der Waals surface area contributed by atoms with Gasteiger partial charge >= 0.3 is 0 Å². The highest BCUT2D eigenvalue weighted by molar-refractivity contribution is 6.31. The monoisotopic (exact) mass is 213 g/mol. The molecule has 3 N–H and O–H groups in total. The Hall–Kier alpha value is -0.570. The van der Waals surface area contributed by atoms with Gasteiger partial charge in [-0.2, -0.15) is 0 Å². The van der Waals surface area contributed by atoms with Crippen molar-refractivity contribution in [1.82, 2.24) is 0 Å². The summed E-state index contributed by atoms with van der Waals surface area (Å²) < 4.78 is 0. The van der Waals surface area contributed by atoms with Crippen molar-refractivity contribution in [1.29, 1.82) is 0 Å². The van der Waals surface area contributed by atoms with Gasteiger partial charge in [0.15, 0.2) is 0 Å². The Labute approximate surface area is 89.7 Å². The topological polar surface area (TPSA) is 46.2 Å². The fraction of sp³-hybridized carbons (Fsp3) is 0.455. The summed E-state index contributed by atoms with van der Waals surface area (Å²) in [6.07, 6.45) is -0.0970. The average Bonchev–Trinajstić information content (AvgIpc) is 2.01. The second-order valence-corrected chi connectivity index (χ2v) is 4.64. The Balaban J connectivity index is 2.80. The van der Waals surface area contributed by atoms with Crippen LogP contribution in [0.1, 0.15) is 31.9 Å². The van der Waals surface area contributed by atoms with E-state index in [1.54, 1.807) is 6.07 Å². The summed E-state index contributed by atoms with van der Waals surface area (Å²) in [6.45, 7) is 3.76. The molecule has 3 heteroatoms. The van der Waals surface area contributed by atoms with Crippen molar-refractivity contribution in [2.45, 2.75) is 31.9 Å². The average molecular weight is 214 g/mol. The minimum Gasteiger partial charge on any atom is -0.388 e. The zero-order chi connectivity index (χ0) is 10.8. The van der Waals surface area contributed by atoms with Crippen LogP contribution in [0, 0.1) is 0 Å². The van der Waals surface area contributed by atoms with Gasteiger partial charge in [-0.3, -0.25) is 0 Å². The standard InChI is InChI=1S/C11H16ClNO/c1-11(2,13)7-10(14)8-5-3-4-6-9(8)12/h3-6,10,14H,7,13H2,1-2H3. The van der Waals surface area contributed by atoms with E-state index >= 15 is 0 Å². The first-order valence-electron chi connectivity index (χ1n) is 4.61. The van der Waals surface area contributed by atoms with Crippen LogP contribution >= 0.6 is 11.6 Å². The van der Waals surface area contributed by atoms with Crippen LogP contribution in [0.15, 0.2) is 24.3 Å². The third kappa shape index (κ3) is 3.29. The molecule has 2 nitrogen and oxygen atoms in total. The molecule has 0 bridgehead atoms. The van der Waals surface area contributed by atoms with Gasteiger partial charge in [0.25, 0.3) is 0 Å². The SMILES string of the molecule is CC(C)(N)CC(O)c1ccccc1Cl. The summed E-state index contributed by atoms with van der Waals surface area (Å²) >= 11 is 5.95. The van der Waals surface area contributed by atoms with Gasteiger partial charge in [0.05, 0.1) is 6.10 Å². The van der Waals surface area contributed by atoms with Gasteiger partial charge in [0.2, 0.25) is 0 Å². The lowest BCUT2D eigenvalue weighted by Crippen LogP contribution is -2.33. The summed E-state index contributed by atoms with van der Waals surface area (Å²) in [4.78, 5) is 0. The molecule has 14 heavy (non-hydrogen) atoms. The fourth-order valence-electron chi connectivity index (χ4n) is 1.35. The highest BCUT2D eigenvalue weighted by Gasteiger charge is 2.19. The molecule has 0 heterocycles. The summed E-state index contributed by atoms with van der Waals surface area (Å²) in [6, 6.07) is 7.28. The molecular formula is C11H16ClNO. The van der Waals surface area contributed by atoms with Gasteiger partial charge in [-0.15, -0.1) is 0 Å².